The second kappa shape index (κ2) is 6.14. The molecule has 4 N–H and O–H groups in total. The third-order valence-electron chi connectivity index (χ3n) is 3.24. The Labute approximate surface area is 110 Å². The molecule has 0 aliphatic rings. The van der Waals surface area contributed by atoms with Crippen molar-refractivity contribution in [3.8, 4) is 0 Å². The average Bonchev–Trinajstić information content (AvgIpc) is 2.33. The third kappa shape index (κ3) is 3.76. The van der Waals surface area contributed by atoms with Crippen LogP contribution in [0, 0.1) is 12.3 Å². The summed E-state index contributed by atoms with van der Waals surface area (Å²) in [5, 5.41) is 28.3. The molecule has 1 aromatic rings. The van der Waals surface area contributed by atoms with Crippen molar-refractivity contribution in [1.29, 1.82) is 0 Å². The van der Waals surface area contributed by atoms with Crippen molar-refractivity contribution in [1.82, 2.24) is 9.55 Å². The zero-order valence-electron chi connectivity index (χ0n) is 11.1. The van der Waals surface area contributed by atoms with Crippen molar-refractivity contribution in [3.63, 3.8) is 0 Å². The molecule has 0 spiro atoms. The molecule has 0 aromatic carbocycles. The minimum atomic E-state index is -1.17. The van der Waals surface area contributed by atoms with Gasteiger partial charge < -0.3 is 15.3 Å². The largest absolute Gasteiger partial charge is 0.396 e. The molecule has 7 nitrogen and oxygen atoms in total. The smallest absolute Gasteiger partial charge is 0.330 e. The number of aliphatic hydroxyl groups is 3. The molecule has 0 saturated carbocycles. The quantitative estimate of drug-likeness (QED) is 0.536. The Bertz CT molecular complexity index is 536. The van der Waals surface area contributed by atoms with E-state index in [2.05, 4.69) is 4.98 Å². The Hall–Kier alpha value is -1.44. The molecule has 0 unspecified atom stereocenters. The van der Waals surface area contributed by atoms with E-state index in [0.29, 0.717) is 12.0 Å². The molecule has 2 atom stereocenters. The zero-order chi connectivity index (χ0) is 14.6. The number of nitrogens with zero attached hydrogens (tertiary/aromatic N) is 1. The summed E-state index contributed by atoms with van der Waals surface area (Å²) in [7, 11) is 0. The summed E-state index contributed by atoms with van der Waals surface area (Å²) >= 11 is 0. The summed E-state index contributed by atoms with van der Waals surface area (Å²) in [6.07, 6.45) is 0.502. The predicted molar refractivity (Wildman–Crippen MR) is 68.8 cm³/mol. The number of nitrogens with one attached hydrogen (secondary N) is 1. The molecule has 108 valence electrons. The van der Waals surface area contributed by atoms with Gasteiger partial charge in [0.2, 0.25) is 0 Å². The lowest BCUT2D eigenvalue weighted by Crippen LogP contribution is -2.36. The van der Waals surface area contributed by atoms with E-state index < -0.39 is 22.9 Å². The SMILES string of the molecule is Cc1cn([C@@H](O)C[C@](C)(CO)CCO)c(=O)[nH]c1=O. The van der Waals surface area contributed by atoms with E-state index in [1.165, 1.54) is 13.1 Å². The minimum Gasteiger partial charge on any atom is -0.396 e. The lowest BCUT2D eigenvalue weighted by Gasteiger charge is -2.29. The van der Waals surface area contributed by atoms with Crippen LogP contribution in [0.2, 0.25) is 0 Å². The van der Waals surface area contributed by atoms with E-state index in [1.54, 1.807) is 6.92 Å². The van der Waals surface area contributed by atoms with Crippen molar-refractivity contribution >= 4 is 0 Å². The molecular formula is C12H20N2O5. The first kappa shape index (κ1) is 15.6. The van der Waals surface area contributed by atoms with Crippen LogP contribution in [-0.4, -0.2) is 38.1 Å². The number of H-pyrrole nitrogens is 1. The number of aromatic amines is 1. The second-order valence-corrected chi connectivity index (χ2v) is 5.11. The van der Waals surface area contributed by atoms with Crippen LogP contribution in [-0.2, 0) is 0 Å². The maximum absolute atomic E-state index is 11.6. The number of rotatable bonds is 6. The van der Waals surface area contributed by atoms with Crippen LogP contribution >= 0.6 is 0 Å². The maximum atomic E-state index is 11.6. The molecule has 0 aliphatic heterocycles. The summed E-state index contributed by atoms with van der Waals surface area (Å²) in [4.78, 5) is 24.9. The Kier molecular flexibility index (Phi) is 5.04. The highest BCUT2D eigenvalue weighted by Crippen LogP contribution is 2.29. The number of aryl methyl sites for hydroxylation is 1. The van der Waals surface area contributed by atoms with Gasteiger partial charge in [0.25, 0.3) is 5.56 Å². The van der Waals surface area contributed by atoms with Gasteiger partial charge in [-0.05, 0) is 18.8 Å². The Balaban J connectivity index is 3.01. The van der Waals surface area contributed by atoms with Crippen LogP contribution in [0.1, 0.15) is 31.6 Å². The molecule has 7 heteroatoms. The summed E-state index contributed by atoms with van der Waals surface area (Å²) in [5.41, 5.74) is -1.58. The van der Waals surface area contributed by atoms with Crippen molar-refractivity contribution in [2.45, 2.75) is 32.9 Å². The van der Waals surface area contributed by atoms with Crippen molar-refractivity contribution in [3.05, 3.63) is 32.6 Å². The predicted octanol–water partition coefficient (Wildman–Crippen LogP) is -0.893. The first-order valence-electron chi connectivity index (χ1n) is 6.05. The molecule has 0 aliphatic carbocycles. The highest BCUT2D eigenvalue weighted by atomic mass is 16.3. The number of hydrogen-bond acceptors (Lipinski definition) is 5. The van der Waals surface area contributed by atoms with Gasteiger partial charge in [-0.15, -0.1) is 0 Å². The fourth-order valence-corrected chi connectivity index (χ4v) is 1.86. The van der Waals surface area contributed by atoms with E-state index in [0.717, 1.165) is 4.57 Å². The highest BCUT2D eigenvalue weighted by molar-refractivity contribution is 5.01. The fraction of sp³-hybridized carbons (Fsp3) is 0.667. The maximum Gasteiger partial charge on any atom is 0.330 e. The number of hydrogen-bond donors (Lipinski definition) is 4. The van der Waals surface area contributed by atoms with Crippen LogP contribution in [0.25, 0.3) is 0 Å². The number of aromatic nitrogens is 2. The van der Waals surface area contributed by atoms with E-state index >= 15 is 0 Å². The summed E-state index contributed by atoms with van der Waals surface area (Å²) < 4.78 is 1.02. The van der Waals surface area contributed by atoms with Gasteiger partial charge in [-0.25, -0.2) is 4.79 Å². The lowest BCUT2D eigenvalue weighted by atomic mass is 9.84. The monoisotopic (exact) mass is 272 g/mol. The Morgan fingerprint density at radius 2 is 2.05 bits per heavy atom. The Morgan fingerprint density at radius 3 is 2.58 bits per heavy atom. The van der Waals surface area contributed by atoms with Crippen LogP contribution < -0.4 is 11.2 Å². The van der Waals surface area contributed by atoms with Gasteiger partial charge in [0.15, 0.2) is 0 Å². The lowest BCUT2D eigenvalue weighted by molar-refractivity contribution is 0.00661. The second-order valence-electron chi connectivity index (χ2n) is 5.11. The zero-order valence-corrected chi connectivity index (χ0v) is 11.1. The topological polar surface area (TPSA) is 116 Å². The number of aliphatic hydroxyl groups excluding tert-OH is 3. The summed E-state index contributed by atoms with van der Waals surface area (Å²) in [5.74, 6) is 0. The molecule has 0 saturated heterocycles. The van der Waals surface area contributed by atoms with Crippen molar-refractivity contribution in [2.24, 2.45) is 5.41 Å². The third-order valence-corrected chi connectivity index (χ3v) is 3.24. The van der Waals surface area contributed by atoms with Crippen molar-refractivity contribution in [2.75, 3.05) is 13.2 Å². The van der Waals surface area contributed by atoms with E-state index in [4.69, 9.17) is 5.11 Å². The molecule has 1 heterocycles. The van der Waals surface area contributed by atoms with Crippen LogP contribution in [0.15, 0.2) is 15.8 Å². The standard InChI is InChI=1S/C12H20N2O5/c1-8-6-14(11(19)13-10(8)18)9(17)5-12(2,7-16)3-4-15/h6,9,15-17H,3-5,7H2,1-2H3,(H,13,18,19)/t9-,12+/m0/s1. The van der Waals surface area contributed by atoms with Gasteiger partial charge >= 0.3 is 5.69 Å². The normalized spacial score (nSPS) is 16.1. The Morgan fingerprint density at radius 1 is 1.42 bits per heavy atom. The molecular weight excluding hydrogens is 252 g/mol. The van der Waals surface area contributed by atoms with Gasteiger partial charge in [-0.3, -0.25) is 14.3 Å². The first-order chi connectivity index (χ1) is 8.83. The summed E-state index contributed by atoms with van der Waals surface area (Å²) in [6.45, 7) is 2.89. The molecule has 1 rings (SSSR count). The molecule has 1 aromatic heterocycles. The van der Waals surface area contributed by atoms with Crippen LogP contribution in [0.5, 0.6) is 0 Å². The average molecular weight is 272 g/mol. The van der Waals surface area contributed by atoms with E-state index in [-0.39, 0.29) is 19.6 Å². The van der Waals surface area contributed by atoms with Gasteiger partial charge in [-0.2, -0.15) is 0 Å². The fourth-order valence-electron chi connectivity index (χ4n) is 1.86. The van der Waals surface area contributed by atoms with E-state index in [1.807, 2.05) is 0 Å². The summed E-state index contributed by atoms with van der Waals surface area (Å²) in [6, 6.07) is 0. The van der Waals surface area contributed by atoms with Gasteiger partial charge in [0.1, 0.15) is 6.23 Å². The van der Waals surface area contributed by atoms with E-state index in [9.17, 15) is 19.8 Å². The molecule has 0 radical (unpaired) electrons. The molecule has 19 heavy (non-hydrogen) atoms. The van der Waals surface area contributed by atoms with Gasteiger partial charge in [-0.1, -0.05) is 6.92 Å². The molecule has 0 fully saturated rings. The van der Waals surface area contributed by atoms with Crippen LogP contribution in [0.4, 0.5) is 0 Å². The van der Waals surface area contributed by atoms with Gasteiger partial charge in [0.05, 0.1) is 0 Å². The van der Waals surface area contributed by atoms with Crippen LogP contribution in [0.3, 0.4) is 0 Å². The van der Waals surface area contributed by atoms with Crippen molar-refractivity contribution < 1.29 is 15.3 Å². The molecule has 0 amide bonds. The van der Waals surface area contributed by atoms with Gasteiger partial charge in [0, 0.05) is 31.4 Å². The molecule has 0 bridgehead atoms. The highest BCUT2D eigenvalue weighted by Gasteiger charge is 2.27. The minimum absolute atomic E-state index is 0.0927. The first-order valence-corrected chi connectivity index (χ1v) is 6.05.